The van der Waals surface area contributed by atoms with E-state index in [1.807, 2.05) is 25.1 Å². The fourth-order valence-corrected chi connectivity index (χ4v) is 3.55. The predicted octanol–water partition coefficient (Wildman–Crippen LogP) is 4.43. The Bertz CT molecular complexity index is 985. The van der Waals surface area contributed by atoms with Crippen molar-refractivity contribution < 1.29 is 4.79 Å². The SMILES string of the molecule is Cc1cc(Cn2ccc3cc(C(=O)Cl)ccc32)c2c(n1)CC=CC2. The Morgan fingerprint density at radius 2 is 2.04 bits per heavy atom. The Morgan fingerprint density at radius 1 is 1.21 bits per heavy atom. The van der Waals surface area contributed by atoms with Gasteiger partial charge in [0.25, 0.3) is 5.24 Å². The van der Waals surface area contributed by atoms with Crippen molar-refractivity contribution in [2.24, 2.45) is 0 Å². The Kier molecular flexibility index (Phi) is 3.73. The maximum atomic E-state index is 11.3. The number of rotatable bonds is 3. The molecule has 0 N–H and O–H groups in total. The van der Waals surface area contributed by atoms with Crippen molar-refractivity contribution in [1.29, 1.82) is 0 Å². The Balaban J connectivity index is 1.75. The lowest BCUT2D eigenvalue weighted by Crippen LogP contribution is -2.09. The summed E-state index contributed by atoms with van der Waals surface area (Å²) < 4.78 is 2.21. The largest absolute Gasteiger partial charge is 0.343 e. The van der Waals surface area contributed by atoms with Gasteiger partial charge >= 0.3 is 0 Å². The lowest BCUT2D eigenvalue weighted by atomic mass is 9.96. The molecule has 0 aliphatic heterocycles. The van der Waals surface area contributed by atoms with Crippen LogP contribution in [0.1, 0.15) is 32.9 Å². The van der Waals surface area contributed by atoms with Gasteiger partial charge in [-0.05, 0) is 66.4 Å². The van der Waals surface area contributed by atoms with E-state index in [9.17, 15) is 4.79 Å². The average Bonchev–Trinajstić information content (AvgIpc) is 2.97. The summed E-state index contributed by atoms with van der Waals surface area (Å²) in [6, 6.07) is 9.80. The Morgan fingerprint density at radius 3 is 2.88 bits per heavy atom. The van der Waals surface area contributed by atoms with Crippen LogP contribution in [0.25, 0.3) is 10.9 Å². The average molecular weight is 337 g/mol. The van der Waals surface area contributed by atoms with Crippen LogP contribution in [0.4, 0.5) is 0 Å². The summed E-state index contributed by atoms with van der Waals surface area (Å²) in [6.07, 6.45) is 8.33. The van der Waals surface area contributed by atoms with Crippen molar-refractivity contribution in [2.75, 3.05) is 0 Å². The second kappa shape index (κ2) is 5.91. The Labute approximate surface area is 145 Å². The van der Waals surface area contributed by atoms with Gasteiger partial charge in [-0.2, -0.15) is 0 Å². The number of aromatic nitrogens is 2. The highest BCUT2D eigenvalue weighted by Crippen LogP contribution is 2.24. The summed E-state index contributed by atoms with van der Waals surface area (Å²) >= 11 is 5.58. The van der Waals surface area contributed by atoms with E-state index < -0.39 is 5.24 Å². The molecule has 0 bridgehead atoms. The molecule has 3 aromatic rings. The number of benzene rings is 1. The van der Waals surface area contributed by atoms with Crippen molar-refractivity contribution in [1.82, 2.24) is 9.55 Å². The highest BCUT2D eigenvalue weighted by molar-refractivity contribution is 6.67. The zero-order valence-electron chi connectivity index (χ0n) is 13.4. The smallest absolute Gasteiger partial charge is 0.252 e. The van der Waals surface area contributed by atoms with Crippen molar-refractivity contribution in [3.05, 3.63) is 76.8 Å². The highest BCUT2D eigenvalue weighted by Gasteiger charge is 2.14. The number of aryl methyl sites for hydroxylation is 1. The first kappa shape index (κ1) is 15.2. The number of fused-ring (bicyclic) bond motifs is 2. The standard InChI is InChI=1S/C20H17ClN2O/c1-13-10-16(17-4-2-3-5-18(17)22-13)12-23-9-8-14-11-15(20(21)24)6-7-19(14)23/h2-3,6-11H,4-5,12H2,1H3. The van der Waals surface area contributed by atoms with E-state index >= 15 is 0 Å². The second-order valence-corrected chi connectivity index (χ2v) is 6.56. The number of halogens is 1. The third kappa shape index (κ3) is 2.65. The number of allylic oxidation sites excluding steroid dienone is 2. The number of nitrogens with zero attached hydrogens (tertiary/aromatic N) is 2. The Hall–Kier alpha value is -2.39. The second-order valence-electron chi connectivity index (χ2n) is 6.22. The van der Waals surface area contributed by atoms with Gasteiger partial charge in [-0.3, -0.25) is 9.78 Å². The third-order valence-electron chi connectivity index (χ3n) is 4.57. The molecule has 4 heteroatoms. The van der Waals surface area contributed by atoms with Gasteiger partial charge in [0.2, 0.25) is 0 Å². The molecule has 24 heavy (non-hydrogen) atoms. The molecule has 4 rings (SSSR count). The van der Waals surface area contributed by atoms with Crippen molar-refractivity contribution in [3.63, 3.8) is 0 Å². The molecule has 2 heterocycles. The normalized spacial score (nSPS) is 13.2. The summed E-state index contributed by atoms with van der Waals surface area (Å²) in [4.78, 5) is 16.0. The van der Waals surface area contributed by atoms with Crippen LogP contribution in [-0.2, 0) is 19.4 Å². The minimum Gasteiger partial charge on any atom is -0.343 e. The first-order valence-electron chi connectivity index (χ1n) is 8.04. The van der Waals surface area contributed by atoms with E-state index in [-0.39, 0.29) is 0 Å². The first-order chi connectivity index (χ1) is 11.6. The molecule has 2 aromatic heterocycles. The van der Waals surface area contributed by atoms with E-state index in [4.69, 9.17) is 11.6 Å². The molecule has 120 valence electrons. The van der Waals surface area contributed by atoms with Gasteiger partial charge in [0.15, 0.2) is 0 Å². The minimum absolute atomic E-state index is 0.421. The summed E-state index contributed by atoms with van der Waals surface area (Å²) in [5.41, 5.74) is 6.55. The summed E-state index contributed by atoms with van der Waals surface area (Å²) in [5, 5.41) is 0.608. The van der Waals surface area contributed by atoms with Crippen LogP contribution in [0.3, 0.4) is 0 Å². The highest BCUT2D eigenvalue weighted by atomic mass is 35.5. The summed E-state index contributed by atoms with van der Waals surface area (Å²) in [7, 11) is 0. The van der Waals surface area contributed by atoms with Crippen LogP contribution >= 0.6 is 11.6 Å². The monoisotopic (exact) mass is 336 g/mol. The van der Waals surface area contributed by atoms with Gasteiger partial charge in [-0.1, -0.05) is 12.2 Å². The van der Waals surface area contributed by atoms with Crippen LogP contribution in [0.5, 0.6) is 0 Å². The number of hydrogen-bond donors (Lipinski definition) is 0. The van der Waals surface area contributed by atoms with Crippen molar-refractivity contribution in [2.45, 2.75) is 26.3 Å². The number of carbonyl (C=O) groups excluding carboxylic acids is 1. The molecule has 0 spiro atoms. The van der Waals surface area contributed by atoms with E-state index in [2.05, 4.69) is 34.0 Å². The van der Waals surface area contributed by atoms with Gasteiger partial charge in [-0.15, -0.1) is 0 Å². The van der Waals surface area contributed by atoms with Crippen molar-refractivity contribution >= 4 is 27.7 Å². The number of carbonyl (C=O) groups is 1. The van der Waals surface area contributed by atoms with E-state index in [1.54, 1.807) is 6.07 Å². The van der Waals surface area contributed by atoms with Crippen LogP contribution in [-0.4, -0.2) is 14.8 Å². The molecule has 1 aliphatic rings. The molecule has 0 atom stereocenters. The maximum absolute atomic E-state index is 11.3. The van der Waals surface area contributed by atoms with E-state index in [0.29, 0.717) is 5.56 Å². The van der Waals surface area contributed by atoms with Crippen LogP contribution in [0.2, 0.25) is 0 Å². The van der Waals surface area contributed by atoms with E-state index in [0.717, 1.165) is 36.0 Å². The third-order valence-corrected chi connectivity index (χ3v) is 4.79. The molecular weight excluding hydrogens is 320 g/mol. The summed E-state index contributed by atoms with van der Waals surface area (Å²) in [6.45, 7) is 2.85. The lowest BCUT2D eigenvalue weighted by molar-refractivity contribution is 0.108. The van der Waals surface area contributed by atoms with Crippen molar-refractivity contribution in [3.8, 4) is 0 Å². The van der Waals surface area contributed by atoms with Gasteiger partial charge in [-0.25, -0.2) is 0 Å². The molecule has 1 aliphatic carbocycles. The van der Waals surface area contributed by atoms with Crippen LogP contribution in [0.15, 0.2) is 48.7 Å². The topological polar surface area (TPSA) is 34.9 Å². The van der Waals surface area contributed by atoms with Gasteiger partial charge in [0.05, 0.1) is 0 Å². The minimum atomic E-state index is -0.421. The zero-order valence-corrected chi connectivity index (χ0v) is 14.2. The lowest BCUT2D eigenvalue weighted by Gasteiger charge is -2.17. The predicted molar refractivity (Wildman–Crippen MR) is 96.7 cm³/mol. The van der Waals surface area contributed by atoms with Crippen LogP contribution in [0, 0.1) is 6.92 Å². The molecule has 0 fully saturated rings. The van der Waals surface area contributed by atoms with Gasteiger partial charge in [0.1, 0.15) is 0 Å². The molecule has 0 unspecified atom stereocenters. The number of pyridine rings is 1. The van der Waals surface area contributed by atoms with Crippen LogP contribution < -0.4 is 0 Å². The maximum Gasteiger partial charge on any atom is 0.252 e. The molecule has 3 nitrogen and oxygen atoms in total. The first-order valence-corrected chi connectivity index (χ1v) is 8.41. The van der Waals surface area contributed by atoms with E-state index in [1.165, 1.54) is 16.8 Å². The number of hydrogen-bond acceptors (Lipinski definition) is 2. The molecule has 1 aromatic carbocycles. The van der Waals surface area contributed by atoms with Gasteiger partial charge < -0.3 is 4.57 Å². The molecule has 0 amide bonds. The molecule has 0 saturated carbocycles. The quantitative estimate of drug-likeness (QED) is 0.524. The fraction of sp³-hybridized carbons (Fsp3) is 0.200. The molecule has 0 radical (unpaired) electrons. The molecular formula is C20H17ClN2O. The summed E-state index contributed by atoms with van der Waals surface area (Å²) in [5.74, 6) is 0. The van der Waals surface area contributed by atoms with Gasteiger partial charge in [0, 0.05) is 47.0 Å². The fourth-order valence-electron chi connectivity index (χ4n) is 3.44. The zero-order chi connectivity index (χ0) is 16.7. The molecule has 0 saturated heterocycles.